The molecule has 8 nitrogen and oxygen atoms in total. The summed E-state index contributed by atoms with van der Waals surface area (Å²) in [4.78, 5) is 24.2. The lowest BCUT2D eigenvalue weighted by Crippen LogP contribution is -2.45. The van der Waals surface area contributed by atoms with Crippen molar-refractivity contribution in [2.45, 2.75) is 24.8 Å². The van der Waals surface area contributed by atoms with Crippen LogP contribution in [0.4, 0.5) is 0 Å². The number of benzene rings is 2. The Labute approximate surface area is 164 Å². The summed E-state index contributed by atoms with van der Waals surface area (Å²) in [6, 6.07) is 13.5. The highest BCUT2D eigenvalue weighted by Crippen LogP contribution is 2.17. The van der Waals surface area contributed by atoms with E-state index in [2.05, 4.69) is 10.9 Å². The predicted molar refractivity (Wildman–Crippen MR) is 106 cm³/mol. The van der Waals surface area contributed by atoms with Gasteiger partial charge < -0.3 is 5.73 Å². The van der Waals surface area contributed by atoms with E-state index >= 15 is 0 Å². The normalized spacial score (nSPS) is 12.5. The molecule has 2 aromatic rings. The van der Waals surface area contributed by atoms with Crippen molar-refractivity contribution in [3.05, 3.63) is 65.7 Å². The van der Waals surface area contributed by atoms with Gasteiger partial charge in [-0.2, -0.15) is 4.31 Å². The van der Waals surface area contributed by atoms with Crippen molar-refractivity contribution in [3.63, 3.8) is 0 Å². The number of carbonyl (C=O) groups excluding carboxylic acids is 2. The van der Waals surface area contributed by atoms with Crippen LogP contribution in [0.25, 0.3) is 0 Å². The van der Waals surface area contributed by atoms with E-state index < -0.39 is 27.9 Å². The zero-order valence-electron chi connectivity index (χ0n) is 15.8. The highest BCUT2D eigenvalue weighted by atomic mass is 32.2. The van der Waals surface area contributed by atoms with Crippen LogP contribution in [0.15, 0.2) is 59.5 Å². The molecule has 150 valence electrons. The Balaban J connectivity index is 2.18. The van der Waals surface area contributed by atoms with Gasteiger partial charge in [-0.25, -0.2) is 13.8 Å². The fourth-order valence-corrected chi connectivity index (χ4v) is 4.19. The first-order valence-electron chi connectivity index (χ1n) is 8.81. The SMILES string of the molecule is CCN(CC)S(=O)(=O)c1cccc(C(=O)NNC(C(N)=O)c2ccccc2)c1. The zero-order chi connectivity index (χ0) is 20.7. The Morgan fingerprint density at radius 2 is 1.68 bits per heavy atom. The van der Waals surface area contributed by atoms with Crippen LogP contribution in [-0.2, 0) is 14.8 Å². The summed E-state index contributed by atoms with van der Waals surface area (Å²) in [5, 5.41) is 0. The lowest BCUT2D eigenvalue weighted by atomic mass is 10.1. The largest absolute Gasteiger partial charge is 0.368 e. The number of hydrazine groups is 1. The van der Waals surface area contributed by atoms with Gasteiger partial charge in [0, 0.05) is 18.7 Å². The molecule has 1 atom stereocenters. The molecular formula is C19H24N4O4S. The molecule has 2 rings (SSSR count). The minimum absolute atomic E-state index is 0.0263. The molecule has 9 heteroatoms. The number of nitrogens with two attached hydrogens (primary N) is 1. The summed E-state index contributed by atoms with van der Waals surface area (Å²) in [6.07, 6.45) is 0. The second-order valence-corrected chi connectivity index (χ2v) is 7.90. The number of rotatable bonds is 9. The molecule has 0 heterocycles. The van der Waals surface area contributed by atoms with Gasteiger partial charge in [-0.15, -0.1) is 0 Å². The Bertz CT molecular complexity index is 928. The van der Waals surface area contributed by atoms with Gasteiger partial charge in [0.05, 0.1) is 4.90 Å². The van der Waals surface area contributed by atoms with Gasteiger partial charge in [0.15, 0.2) is 0 Å². The Kier molecular flexibility index (Phi) is 7.27. The van der Waals surface area contributed by atoms with Crippen LogP contribution in [0, 0.1) is 0 Å². The van der Waals surface area contributed by atoms with E-state index in [1.54, 1.807) is 44.2 Å². The van der Waals surface area contributed by atoms with Gasteiger partial charge in [-0.1, -0.05) is 50.2 Å². The lowest BCUT2D eigenvalue weighted by molar-refractivity contribution is -0.120. The van der Waals surface area contributed by atoms with Gasteiger partial charge in [0.1, 0.15) is 6.04 Å². The van der Waals surface area contributed by atoms with Crippen molar-refractivity contribution in [1.29, 1.82) is 0 Å². The summed E-state index contributed by atoms with van der Waals surface area (Å²) in [6.45, 7) is 4.15. The average molecular weight is 404 g/mol. The first-order valence-corrected chi connectivity index (χ1v) is 10.3. The van der Waals surface area contributed by atoms with E-state index in [0.717, 1.165) is 0 Å². The first-order chi connectivity index (χ1) is 13.3. The summed E-state index contributed by atoms with van der Waals surface area (Å²) in [5.74, 6) is -1.25. The summed E-state index contributed by atoms with van der Waals surface area (Å²) in [7, 11) is -3.69. The van der Waals surface area contributed by atoms with Crippen molar-refractivity contribution < 1.29 is 18.0 Å². The Hall–Kier alpha value is -2.75. The quantitative estimate of drug-likeness (QED) is 0.542. The molecule has 0 saturated heterocycles. The third-order valence-electron chi connectivity index (χ3n) is 4.19. The van der Waals surface area contributed by atoms with Crippen molar-refractivity contribution >= 4 is 21.8 Å². The predicted octanol–water partition coefficient (Wildman–Crippen LogP) is 1.18. The molecule has 28 heavy (non-hydrogen) atoms. The second kappa shape index (κ2) is 9.45. The molecule has 0 radical (unpaired) electrons. The maximum atomic E-state index is 12.6. The van der Waals surface area contributed by atoms with Crippen LogP contribution in [0.2, 0.25) is 0 Å². The molecule has 4 N–H and O–H groups in total. The smallest absolute Gasteiger partial charge is 0.265 e. The van der Waals surface area contributed by atoms with E-state index in [1.807, 2.05) is 0 Å². The zero-order valence-corrected chi connectivity index (χ0v) is 16.6. The maximum absolute atomic E-state index is 12.6. The number of nitrogens with one attached hydrogen (secondary N) is 2. The van der Waals surface area contributed by atoms with E-state index in [-0.39, 0.29) is 10.5 Å². The molecule has 0 aliphatic heterocycles. The number of sulfonamides is 1. The van der Waals surface area contributed by atoms with Crippen LogP contribution >= 0.6 is 0 Å². The number of primary amides is 1. The van der Waals surface area contributed by atoms with Crippen molar-refractivity contribution in [2.75, 3.05) is 13.1 Å². The number of hydrogen-bond donors (Lipinski definition) is 3. The topological polar surface area (TPSA) is 122 Å². The molecular weight excluding hydrogens is 380 g/mol. The van der Waals surface area contributed by atoms with Crippen LogP contribution in [0.3, 0.4) is 0 Å². The van der Waals surface area contributed by atoms with Crippen molar-refractivity contribution in [3.8, 4) is 0 Å². The van der Waals surface area contributed by atoms with Crippen LogP contribution in [0.1, 0.15) is 35.8 Å². The number of carbonyl (C=O) groups is 2. The fraction of sp³-hybridized carbons (Fsp3) is 0.263. The Morgan fingerprint density at radius 3 is 2.25 bits per heavy atom. The van der Waals surface area contributed by atoms with E-state index in [0.29, 0.717) is 18.7 Å². The second-order valence-electron chi connectivity index (χ2n) is 5.96. The Morgan fingerprint density at radius 1 is 1.04 bits per heavy atom. The number of amides is 2. The van der Waals surface area contributed by atoms with Gasteiger partial charge in [-0.05, 0) is 23.8 Å². The molecule has 0 saturated carbocycles. The molecule has 0 aliphatic rings. The third-order valence-corrected chi connectivity index (χ3v) is 6.23. The summed E-state index contributed by atoms with van der Waals surface area (Å²) in [5.41, 5.74) is 11.1. The van der Waals surface area contributed by atoms with Gasteiger partial charge >= 0.3 is 0 Å². The molecule has 0 bridgehead atoms. The molecule has 0 aliphatic carbocycles. The van der Waals surface area contributed by atoms with Crippen LogP contribution < -0.4 is 16.6 Å². The molecule has 0 spiro atoms. The first kappa shape index (κ1) is 21.5. The molecule has 2 aromatic carbocycles. The fourth-order valence-electron chi connectivity index (χ4n) is 2.68. The minimum atomic E-state index is -3.69. The van der Waals surface area contributed by atoms with E-state index in [4.69, 9.17) is 5.73 Å². The molecule has 0 fully saturated rings. The number of nitrogens with zero attached hydrogens (tertiary/aromatic N) is 1. The average Bonchev–Trinajstić information content (AvgIpc) is 2.69. The van der Waals surface area contributed by atoms with Gasteiger partial charge in [0.25, 0.3) is 5.91 Å². The third kappa shape index (κ3) is 4.94. The van der Waals surface area contributed by atoms with Crippen LogP contribution in [0.5, 0.6) is 0 Å². The van der Waals surface area contributed by atoms with Gasteiger partial charge in [0.2, 0.25) is 15.9 Å². The standard InChI is InChI=1S/C19H24N4O4S/c1-3-23(4-2)28(26,27)16-12-8-11-15(13-16)19(25)22-21-17(18(20)24)14-9-6-5-7-10-14/h5-13,17,21H,3-4H2,1-2H3,(H2,20,24)(H,22,25). The van der Waals surface area contributed by atoms with E-state index in [9.17, 15) is 18.0 Å². The van der Waals surface area contributed by atoms with Crippen molar-refractivity contribution in [1.82, 2.24) is 15.2 Å². The highest BCUT2D eigenvalue weighted by molar-refractivity contribution is 7.89. The molecule has 2 amide bonds. The van der Waals surface area contributed by atoms with E-state index in [1.165, 1.54) is 28.6 Å². The van der Waals surface area contributed by atoms with Crippen molar-refractivity contribution in [2.24, 2.45) is 5.73 Å². The lowest BCUT2D eigenvalue weighted by Gasteiger charge is -2.19. The summed E-state index contributed by atoms with van der Waals surface area (Å²) >= 11 is 0. The molecule has 0 aromatic heterocycles. The monoisotopic (exact) mass is 404 g/mol. The van der Waals surface area contributed by atoms with Crippen LogP contribution in [-0.4, -0.2) is 37.6 Å². The minimum Gasteiger partial charge on any atom is -0.368 e. The number of hydrogen-bond acceptors (Lipinski definition) is 5. The highest BCUT2D eigenvalue weighted by Gasteiger charge is 2.23. The maximum Gasteiger partial charge on any atom is 0.265 e. The molecule has 1 unspecified atom stereocenters. The summed E-state index contributed by atoms with van der Waals surface area (Å²) < 4.78 is 26.6. The van der Waals surface area contributed by atoms with Gasteiger partial charge in [-0.3, -0.25) is 15.0 Å².